The maximum atomic E-state index is 13.7. The van der Waals surface area contributed by atoms with Crippen LogP contribution in [-0.2, 0) is 23.7 Å². The Balaban J connectivity index is 1.58. The summed E-state index contributed by atoms with van der Waals surface area (Å²) in [6, 6.07) is 0. The summed E-state index contributed by atoms with van der Waals surface area (Å²) < 4.78 is 30.5. The number of hydrogen-bond acceptors (Lipinski definition) is 11. The van der Waals surface area contributed by atoms with E-state index < -0.39 is 59.0 Å². The standard InChI is InChI=1S/C38H49NO11/c1-17-12-11-13-18(2)36(45)39-23-16-24(40)26-27(31(23)43)30(42)21(5)34-28(26)35(44)38(9,50-34)47-15-14-25(46-10)19(3)29(41)20(4)33-22(6)32(17)48-37(7,8)49-33/h11-17,19-20,22,25,29,32-33,35,41-42,44H,1-10H3,(H,39,45)/b12-11+,15-14+,18-13-. The van der Waals surface area contributed by atoms with Crippen LogP contribution in [0.25, 0.3) is 0 Å². The fourth-order valence-corrected chi connectivity index (χ4v) is 7.46. The van der Waals surface area contributed by atoms with Gasteiger partial charge in [-0.3, -0.25) is 14.4 Å². The summed E-state index contributed by atoms with van der Waals surface area (Å²) in [5, 5.41) is 36.9. The third-order valence-corrected chi connectivity index (χ3v) is 10.5. The number of phenols is 1. The zero-order valence-electron chi connectivity index (χ0n) is 30.3. The third-order valence-electron chi connectivity index (χ3n) is 10.5. The Kier molecular flexibility index (Phi) is 10.3. The number of aliphatic hydroxyl groups is 2. The molecule has 6 rings (SSSR count). The first-order valence-corrected chi connectivity index (χ1v) is 17.0. The Morgan fingerprint density at radius 1 is 0.900 bits per heavy atom. The van der Waals surface area contributed by atoms with Crippen molar-refractivity contribution in [2.24, 2.45) is 23.7 Å². The molecule has 12 nitrogen and oxygen atoms in total. The molecule has 1 aromatic carbocycles. The number of amides is 1. The highest BCUT2D eigenvalue weighted by Gasteiger charge is 2.52. The lowest BCUT2D eigenvalue weighted by atomic mass is 9.77. The maximum Gasteiger partial charge on any atom is 0.277 e. The fraction of sp³-hybridized carbons (Fsp3) is 0.553. The Hall–Kier alpha value is -3.81. The molecule has 1 saturated heterocycles. The number of rotatable bonds is 1. The van der Waals surface area contributed by atoms with Crippen molar-refractivity contribution in [1.82, 2.24) is 5.32 Å². The molecule has 0 aromatic heterocycles. The molecule has 1 aromatic rings. The molecule has 4 heterocycles. The van der Waals surface area contributed by atoms with Gasteiger partial charge in [0.05, 0.1) is 41.9 Å². The zero-order chi connectivity index (χ0) is 37.0. The number of methoxy groups -OCH3 is 1. The lowest BCUT2D eigenvalue weighted by Gasteiger charge is -2.49. The second-order valence-electron chi connectivity index (χ2n) is 14.6. The number of carbonyl (C=O) groups is 3. The van der Waals surface area contributed by atoms with Gasteiger partial charge in [0.1, 0.15) is 11.5 Å². The molecule has 1 aliphatic carbocycles. The highest BCUT2D eigenvalue weighted by Crippen LogP contribution is 2.52. The smallest absolute Gasteiger partial charge is 0.277 e. The van der Waals surface area contributed by atoms with Crippen molar-refractivity contribution >= 4 is 17.5 Å². The van der Waals surface area contributed by atoms with Crippen molar-refractivity contribution in [2.45, 2.75) is 104 Å². The van der Waals surface area contributed by atoms with E-state index in [1.807, 2.05) is 47.6 Å². The molecule has 4 N–H and O–H groups in total. The minimum Gasteiger partial charge on any atom is -0.507 e. The SMILES string of the molecule is COC1/C=C/OC2(C)Oc3c(C)c(O)c4c(c3C2O)C(=O)C=C(NC(=O)/C(C)=C\C=C\C(C)C2OC(C)(C)OC(C(C)C(O)C1C)C2C)C4=O. The van der Waals surface area contributed by atoms with Gasteiger partial charge >= 0.3 is 0 Å². The number of carbonyl (C=O) groups excluding carboxylic acids is 3. The van der Waals surface area contributed by atoms with Crippen molar-refractivity contribution in [3.63, 3.8) is 0 Å². The van der Waals surface area contributed by atoms with Gasteiger partial charge in [0, 0.05) is 66.0 Å². The topological polar surface area (TPSA) is 170 Å². The van der Waals surface area contributed by atoms with Crippen molar-refractivity contribution in [3.8, 4) is 11.5 Å². The van der Waals surface area contributed by atoms with Crippen molar-refractivity contribution in [1.29, 1.82) is 0 Å². The van der Waals surface area contributed by atoms with Crippen LogP contribution in [0.5, 0.6) is 11.5 Å². The van der Waals surface area contributed by atoms with Gasteiger partial charge in [-0.1, -0.05) is 45.9 Å². The predicted octanol–water partition coefficient (Wildman–Crippen LogP) is 4.71. The van der Waals surface area contributed by atoms with E-state index in [1.165, 1.54) is 27.2 Å². The quantitative estimate of drug-likeness (QED) is 0.321. The van der Waals surface area contributed by atoms with Crippen LogP contribution < -0.4 is 10.1 Å². The zero-order valence-corrected chi connectivity index (χ0v) is 30.3. The Bertz CT molecular complexity index is 1690. The van der Waals surface area contributed by atoms with Gasteiger partial charge in [0.2, 0.25) is 5.78 Å². The number of aromatic hydroxyl groups is 1. The molecule has 1 amide bonds. The summed E-state index contributed by atoms with van der Waals surface area (Å²) in [7, 11) is 1.51. The molecule has 1 fully saturated rings. The fourth-order valence-electron chi connectivity index (χ4n) is 7.46. The van der Waals surface area contributed by atoms with Crippen LogP contribution >= 0.6 is 0 Å². The van der Waals surface area contributed by atoms with Gasteiger partial charge in [0.25, 0.3) is 11.7 Å². The van der Waals surface area contributed by atoms with Gasteiger partial charge in [0.15, 0.2) is 17.7 Å². The normalized spacial score (nSPS) is 38.2. The molecule has 10 atom stereocenters. The number of ketones is 2. The van der Waals surface area contributed by atoms with Crippen LogP contribution in [0, 0.1) is 30.6 Å². The number of Topliss-reactive ketones (excluding diaryl/α,β-unsaturated/α-hetero) is 1. The van der Waals surface area contributed by atoms with Gasteiger partial charge in [-0.05, 0) is 33.8 Å². The minimum atomic E-state index is -1.77. The molecule has 7 bridgehead atoms. The molecule has 10 unspecified atom stereocenters. The molecular formula is C38H49NO11. The molecule has 12 heteroatoms. The van der Waals surface area contributed by atoms with Gasteiger partial charge < -0.3 is 44.3 Å². The Morgan fingerprint density at radius 2 is 1.56 bits per heavy atom. The van der Waals surface area contributed by atoms with E-state index in [-0.39, 0.29) is 69.2 Å². The molecule has 272 valence electrons. The first-order valence-electron chi connectivity index (χ1n) is 17.0. The Labute approximate surface area is 292 Å². The number of hydrogen-bond donors (Lipinski definition) is 4. The van der Waals surface area contributed by atoms with Crippen molar-refractivity contribution in [2.75, 3.05) is 7.11 Å². The lowest BCUT2D eigenvalue weighted by Crippen LogP contribution is -2.56. The van der Waals surface area contributed by atoms with E-state index in [0.29, 0.717) is 0 Å². The summed E-state index contributed by atoms with van der Waals surface area (Å²) in [5.74, 6) is -6.37. The highest BCUT2D eigenvalue weighted by atomic mass is 16.7. The van der Waals surface area contributed by atoms with Gasteiger partial charge in [-0.25, -0.2) is 0 Å². The predicted molar refractivity (Wildman–Crippen MR) is 182 cm³/mol. The summed E-state index contributed by atoms with van der Waals surface area (Å²) in [4.78, 5) is 40.4. The molecule has 0 radical (unpaired) electrons. The minimum absolute atomic E-state index is 0.00437. The van der Waals surface area contributed by atoms with Gasteiger partial charge in [-0.15, -0.1) is 0 Å². The van der Waals surface area contributed by atoms with Crippen molar-refractivity contribution in [3.05, 3.63) is 70.2 Å². The van der Waals surface area contributed by atoms with Crippen LogP contribution in [0.2, 0.25) is 0 Å². The van der Waals surface area contributed by atoms with Crippen LogP contribution in [0.15, 0.2) is 47.9 Å². The second kappa shape index (κ2) is 13.7. The number of fused-ring (bicyclic) bond motifs is 10. The summed E-state index contributed by atoms with van der Waals surface area (Å²) in [5.41, 5.74) is -0.542. The van der Waals surface area contributed by atoms with Gasteiger partial charge in [-0.2, -0.15) is 0 Å². The molecule has 4 aliphatic heterocycles. The molecule has 50 heavy (non-hydrogen) atoms. The largest absolute Gasteiger partial charge is 0.507 e. The average Bonchev–Trinajstić information content (AvgIpc) is 3.32. The first-order chi connectivity index (χ1) is 23.3. The number of aliphatic hydroxyl groups excluding tert-OH is 2. The van der Waals surface area contributed by atoms with Crippen LogP contribution in [0.4, 0.5) is 0 Å². The van der Waals surface area contributed by atoms with E-state index >= 15 is 0 Å². The van der Waals surface area contributed by atoms with Crippen molar-refractivity contribution < 1.29 is 53.4 Å². The first kappa shape index (κ1) is 37.4. The summed E-state index contributed by atoms with van der Waals surface area (Å²) in [6.07, 6.45) is 5.38. The van der Waals surface area contributed by atoms with E-state index in [4.69, 9.17) is 23.7 Å². The number of benzene rings is 1. The summed E-state index contributed by atoms with van der Waals surface area (Å²) in [6.45, 7) is 16.0. The number of phenolic OH excluding ortho intramolecular Hbond substituents is 1. The van der Waals surface area contributed by atoms with E-state index in [9.17, 15) is 29.7 Å². The van der Waals surface area contributed by atoms with E-state index in [0.717, 1.165) is 6.08 Å². The highest BCUT2D eigenvalue weighted by molar-refractivity contribution is 6.27. The maximum absolute atomic E-state index is 13.7. The lowest BCUT2D eigenvalue weighted by molar-refractivity contribution is -0.336. The monoisotopic (exact) mass is 695 g/mol. The van der Waals surface area contributed by atoms with Crippen LogP contribution in [-0.4, -0.2) is 75.9 Å². The van der Waals surface area contributed by atoms with Crippen LogP contribution in [0.1, 0.15) is 93.3 Å². The van der Waals surface area contributed by atoms with E-state index in [2.05, 4.69) is 5.32 Å². The van der Waals surface area contributed by atoms with Crippen LogP contribution in [0.3, 0.4) is 0 Å². The third kappa shape index (κ3) is 6.55. The number of allylic oxidation sites excluding steroid dienone is 4. The average molecular weight is 696 g/mol. The molecular weight excluding hydrogens is 646 g/mol. The molecule has 5 aliphatic rings. The second-order valence-corrected chi connectivity index (χ2v) is 14.6. The Morgan fingerprint density at radius 3 is 2.22 bits per heavy atom. The summed E-state index contributed by atoms with van der Waals surface area (Å²) >= 11 is 0. The molecule has 0 spiro atoms. The number of ether oxygens (including phenoxy) is 5. The number of nitrogens with one attached hydrogen (secondary N) is 1. The molecule has 0 saturated carbocycles. The van der Waals surface area contributed by atoms with E-state index in [1.54, 1.807) is 25.2 Å².